The van der Waals surface area contributed by atoms with Gasteiger partial charge in [-0.2, -0.15) is 5.10 Å². The predicted molar refractivity (Wildman–Crippen MR) is 109 cm³/mol. The molecule has 0 spiro atoms. The Labute approximate surface area is 166 Å². The van der Waals surface area contributed by atoms with Crippen molar-refractivity contribution in [1.29, 1.82) is 0 Å². The van der Waals surface area contributed by atoms with Gasteiger partial charge in [0.1, 0.15) is 0 Å². The van der Waals surface area contributed by atoms with Crippen LogP contribution >= 0.6 is 11.8 Å². The van der Waals surface area contributed by atoms with E-state index in [1.54, 1.807) is 12.1 Å². The van der Waals surface area contributed by atoms with Crippen LogP contribution in [0.1, 0.15) is 5.56 Å². The highest BCUT2D eigenvalue weighted by Gasteiger charge is 2.12. The third kappa shape index (κ3) is 4.55. The summed E-state index contributed by atoms with van der Waals surface area (Å²) in [6, 6.07) is 11.2. The quantitative estimate of drug-likeness (QED) is 0.343. The van der Waals surface area contributed by atoms with Gasteiger partial charge in [0.05, 0.1) is 44.3 Å². The van der Waals surface area contributed by atoms with Gasteiger partial charge in [-0.3, -0.25) is 4.79 Å². The summed E-state index contributed by atoms with van der Waals surface area (Å²) in [7, 11) is 4.61. The Balaban J connectivity index is 1.58. The van der Waals surface area contributed by atoms with Crippen LogP contribution < -0.4 is 19.6 Å². The van der Waals surface area contributed by atoms with Gasteiger partial charge in [0, 0.05) is 5.56 Å². The standard InChI is InChI=1S/C19H20N4O4S/c1-25-15-8-12(9-16(26-2)18(15)27-3)10-20-23-17(24)11-28-19-21-13-6-4-5-7-14(13)22-19/h4-10H,11H2,1-3H3,(H,21,22)(H,23,24). The van der Waals surface area contributed by atoms with E-state index in [0.717, 1.165) is 11.0 Å². The van der Waals surface area contributed by atoms with Crippen molar-refractivity contribution in [2.45, 2.75) is 5.16 Å². The first-order chi connectivity index (χ1) is 13.6. The highest BCUT2D eigenvalue weighted by Crippen LogP contribution is 2.37. The van der Waals surface area contributed by atoms with Crippen molar-refractivity contribution in [2.75, 3.05) is 27.1 Å². The van der Waals surface area contributed by atoms with Crippen molar-refractivity contribution >= 4 is 34.9 Å². The number of H-pyrrole nitrogens is 1. The van der Waals surface area contributed by atoms with Crippen molar-refractivity contribution in [3.05, 3.63) is 42.0 Å². The number of nitrogens with one attached hydrogen (secondary N) is 2. The number of imidazole rings is 1. The average Bonchev–Trinajstić information content (AvgIpc) is 3.14. The Morgan fingerprint density at radius 2 is 1.89 bits per heavy atom. The van der Waals surface area contributed by atoms with Crippen molar-refractivity contribution in [2.24, 2.45) is 5.10 Å². The Morgan fingerprint density at radius 3 is 2.54 bits per heavy atom. The third-order valence-electron chi connectivity index (χ3n) is 3.80. The molecule has 0 aliphatic carbocycles. The second kappa shape index (κ2) is 9.14. The maximum atomic E-state index is 12.0. The number of aromatic amines is 1. The van der Waals surface area contributed by atoms with Crippen LogP contribution in [-0.2, 0) is 4.79 Å². The lowest BCUT2D eigenvalue weighted by Gasteiger charge is -2.12. The van der Waals surface area contributed by atoms with Crippen LogP contribution in [0.5, 0.6) is 17.2 Å². The van der Waals surface area contributed by atoms with E-state index in [9.17, 15) is 4.79 Å². The first kappa shape index (κ1) is 19.6. The molecule has 8 nitrogen and oxygen atoms in total. The zero-order valence-electron chi connectivity index (χ0n) is 15.7. The maximum Gasteiger partial charge on any atom is 0.250 e. The van der Waals surface area contributed by atoms with Gasteiger partial charge in [0.25, 0.3) is 5.91 Å². The Hall–Kier alpha value is -3.20. The summed E-state index contributed by atoms with van der Waals surface area (Å²) in [5.74, 6) is 1.46. The molecule has 0 unspecified atom stereocenters. The summed E-state index contributed by atoms with van der Waals surface area (Å²) < 4.78 is 15.9. The minimum absolute atomic E-state index is 0.187. The number of carbonyl (C=O) groups is 1. The molecule has 0 aliphatic rings. The van der Waals surface area contributed by atoms with Gasteiger partial charge >= 0.3 is 0 Å². The van der Waals surface area contributed by atoms with Crippen LogP contribution in [0.25, 0.3) is 11.0 Å². The van der Waals surface area contributed by atoms with Crippen LogP contribution in [0.4, 0.5) is 0 Å². The Bertz CT molecular complexity index is 945. The minimum atomic E-state index is -0.242. The number of amides is 1. The van der Waals surface area contributed by atoms with Gasteiger partial charge in [-0.25, -0.2) is 10.4 Å². The van der Waals surface area contributed by atoms with E-state index in [0.29, 0.717) is 28.0 Å². The number of benzene rings is 2. The number of carbonyl (C=O) groups excluding carboxylic acids is 1. The molecule has 0 fully saturated rings. The maximum absolute atomic E-state index is 12.0. The van der Waals surface area contributed by atoms with Gasteiger partial charge in [0.15, 0.2) is 16.7 Å². The Kier molecular flexibility index (Phi) is 6.38. The summed E-state index contributed by atoms with van der Waals surface area (Å²) in [6.45, 7) is 0. The van der Waals surface area contributed by atoms with Gasteiger partial charge in [-0.1, -0.05) is 23.9 Å². The molecule has 1 aromatic heterocycles. The minimum Gasteiger partial charge on any atom is -0.493 e. The van der Waals surface area contributed by atoms with Crippen molar-refractivity contribution in [3.8, 4) is 17.2 Å². The Morgan fingerprint density at radius 1 is 1.18 bits per heavy atom. The molecule has 3 rings (SSSR count). The van der Waals surface area contributed by atoms with Crippen LogP contribution in [0.3, 0.4) is 0 Å². The lowest BCUT2D eigenvalue weighted by Crippen LogP contribution is -2.19. The van der Waals surface area contributed by atoms with Crippen molar-refractivity contribution in [3.63, 3.8) is 0 Å². The number of nitrogens with zero attached hydrogens (tertiary/aromatic N) is 2. The fraction of sp³-hybridized carbons (Fsp3) is 0.211. The number of hydrogen-bond donors (Lipinski definition) is 2. The molecular formula is C19H20N4O4S. The molecule has 0 aliphatic heterocycles. The fourth-order valence-electron chi connectivity index (χ4n) is 2.52. The fourth-order valence-corrected chi connectivity index (χ4v) is 3.20. The van der Waals surface area contributed by atoms with E-state index in [4.69, 9.17) is 14.2 Å². The van der Waals surface area contributed by atoms with Gasteiger partial charge < -0.3 is 19.2 Å². The summed E-state index contributed by atoms with van der Waals surface area (Å²) in [6.07, 6.45) is 1.51. The largest absolute Gasteiger partial charge is 0.493 e. The lowest BCUT2D eigenvalue weighted by molar-refractivity contribution is -0.118. The smallest absolute Gasteiger partial charge is 0.250 e. The summed E-state index contributed by atoms with van der Waals surface area (Å²) in [4.78, 5) is 19.6. The number of ether oxygens (including phenoxy) is 3. The number of hydrazone groups is 1. The molecule has 9 heteroatoms. The van der Waals surface area contributed by atoms with E-state index >= 15 is 0 Å². The molecule has 2 aromatic carbocycles. The molecule has 3 aromatic rings. The van der Waals surface area contributed by atoms with Crippen molar-refractivity contribution < 1.29 is 19.0 Å². The molecule has 1 amide bonds. The van der Waals surface area contributed by atoms with Crippen molar-refractivity contribution in [1.82, 2.24) is 15.4 Å². The van der Waals surface area contributed by atoms with Gasteiger partial charge in [-0.05, 0) is 24.3 Å². The first-order valence-corrected chi connectivity index (χ1v) is 9.32. The zero-order chi connectivity index (χ0) is 19.9. The van der Waals surface area contributed by atoms with Crippen LogP contribution in [-0.4, -0.2) is 49.2 Å². The molecule has 0 saturated heterocycles. The monoisotopic (exact) mass is 400 g/mol. The number of methoxy groups -OCH3 is 3. The molecule has 1 heterocycles. The lowest BCUT2D eigenvalue weighted by atomic mass is 10.2. The van der Waals surface area contributed by atoms with Gasteiger partial charge in [0.2, 0.25) is 5.75 Å². The molecule has 146 valence electrons. The SMILES string of the molecule is COc1cc(C=NNC(=O)CSc2nc3ccccc3[nH]2)cc(OC)c1OC. The number of hydrogen-bond acceptors (Lipinski definition) is 7. The predicted octanol–water partition coefficient (Wildman–Crippen LogP) is 2.83. The van der Waals surface area contributed by atoms with E-state index < -0.39 is 0 Å². The van der Waals surface area contributed by atoms with E-state index in [-0.39, 0.29) is 11.7 Å². The average molecular weight is 400 g/mol. The highest BCUT2D eigenvalue weighted by atomic mass is 32.2. The molecular weight excluding hydrogens is 380 g/mol. The summed E-state index contributed by atoms with van der Waals surface area (Å²) >= 11 is 1.31. The van der Waals surface area contributed by atoms with E-state index in [2.05, 4.69) is 20.5 Å². The van der Waals surface area contributed by atoms with Crippen LogP contribution in [0.2, 0.25) is 0 Å². The third-order valence-corrected chi connectivity index (χ3v) is 4.67. The number of rotatable bonds is 8. The first-order valence-electron chi connectivity index (χ1n) is 8.34. The number of fused-ring (bicyclic) bond motifs is 1. The molecule has 2 N–H and O–H groups in total. The number of thioether (sulfide) groups is 1. The molecule has 28 heavy (non-hydrogen) atoms. The topological polar surface area (TPSA) is 97.8 Å². The normalized spacial score (nSPS) is 11.0. The number of aromatic nitrogens is 2. The zero-order valence-corrected chi connectivity index (χ0v) is 16.5. The van der Waals surface area contributed by atoms with E-state index in [1.165, 1.54) is 39.3 Å². The highest BCUT2D eigenvalue weighted by molar-refractivity contribution is 7.99. The van der Waals surface area contributed by atoms with Gasteiger partial charge in [-0.15, -0.1) is 0 Å². The summed E-state index contributed by atoms with van der Waals surface area (Å²) in [5.41, 5.74) is 4.99. The molecule has 0 radical (unpaired) electrons. The number of para-hydroxylation sites is 2. The molecule has 0 saturated carbocycles. The molecule has 0 atom stereocenters. The second-order valence-electron chi connectivity index (χ2n) is 5.60. The van der Waals surface area contributed by atoms with Crippen LogP contribution in [0.15, 0.2) is 46.7 Å². The molecule has 0 bridgehead atoms. The van der Waals surface area contributed by atoms with Crippen LogP contribution in [0, 0.1) is 0 Å². The van der Waals surface area contributed by atoms with E-state index in [1.807, 2.05) is 24.3 Å². The second-order valence-corrected chi connectivity index (χ2v) is 6.56. The summed E-state index contributed by atoms with van der Waals surface area (Å²) in [5, 5.41) is 4.67.